The average molecular weight is 197 g/mol. The van der Waals surface area contributed by atoms with Gasteiger partial charge in [-0.25, -0.2) is 0 Å². The number of hydrogen-bond donors (Lipinski definition) is 4. The number of anilines is 1. The van der Waals surface area contributed by atoms with E-state index in [1.807, 2.05) is 30.3 Å². The molecular weight excluding hydrogens is 185 g/mol. The number of hydrogen-bond acceptors (Lipinski definition) is 4. The molecule has 5 nitrogen and oxygen atoms in total. The Morgan fingerprint density at radius 2 is 1.64 bits per heavy atom. The second-order valence-electron chi connectivity index (χ2n) is 2.39. The van der Waals surface area contributed by atoms with E-state index in [0.29, 0.717) is 0 Å². The molecule has 1 aromatic rings. The number of rotatable bonds is 1. The summed E-state index contributed by atoms with van der Waals surface area (Å²) in [7, 11) is -2.17. The van der Waals surface area contributed by atoms with Crippen LogP contribution in [0.1, 0.15) is 6.92 Å². The minimum Gasteiger partial charge on any atom is -0.402 e. The van der Waals surface area contributed by atoms with Crippen LogP contribution in [0.4, 0.5) is 5.69 Å². The van der Waals surface area contributed by atoms with Gasteiger partial charge in [-0.2, -0.15) is 0 Å². The Morgan fingerprint density at radius 3 is 2.00 bits per heavy atom. The standard InChI is InChI=1S/C8H9NO.BH3O3/c1-7(10)9-8-5-3-2-4-6-8;2-1(3)4/h2-6H,1H3,(H,9,10);2-4H. The monoisotopic (exact) mass is 197 g/mol. The molecule has 0 aliphatic heterocycles. The minimum absolute atomic E-state index is 0.0359. The molecule has 0 aliphatic rings. The van der Waals surface area contributed by atoms with Crippen LogP contribution in [0, 0.1) is 0 Å². The number of carbonyl (C=O) groups excluding carboxylic acids is 1. The number of para-hydroxylation sites is 1. The summed E-state index contributed by atoms with van der Waals surface area (Å²) in [5.74, 6) is -0.0359. The Bertz CT molecular complexity index is 263. The first-order chi connectivity index (χ1) is 6.52. The van der Waals surface area contributed by atoms with Crippen molar-refractivity contribution in [3.63, 3.8) is 0 Å². The SMILES string of the molecule is CC(=O)Nc1ccccc1.OB(O)O. The Labute approximate surface area is 82.2 Å². The predicted octanol–water partition coefficient (Wildman–Crippen LogP) is -0.407. The Balaban J connectivity index is 0.000000364. The number of carbonyl (C=O) groups is 1. The third-order valence-corrected chi connectivity index (χ3v) is 1.09. The van der Waals surface area contributed by atoms with E-state index in [1.165, 1.54) is 6.92 Å². The molecule has 0 atom stereocenters. The zero-order valence-corrected chi connectivity index (χ0v) is 7.71. The highest BCUT2D eigenvalue weighted by atomic mass is 16.5. The van der Waals surface area contributed by atoms with Gasteiger partial charge in [-0.1, -0.05) is 18.2 Å². The fourth-order valence-corrected chi connectivity index (χ4v) is 0.725. The van der Waals surface area contributed by atoms with E-state index in [9.17, 15) is 4.79 Å². The van der Waals surface area contributed by atoms with Gasteiger partial charge in [0.15, 0.2) is 0 Å². The van der Waals surface area contributed by atoms with Gasteiger partial charge < -0.3 is 20.4 Å². The molecule has 1 aromatic carbocycles. The molecule has 1 rings (SSSR count). The maximum absolute atomic E-state index is 10.5. The number of nitrogens with one attached hydrogen (secondary N) is 1. The molecule has 0 heterocycles. The van der Waals surface area contributed by atoms with Crippen molar-refractivity contribution in [1.29, 1.82) is 0 Å². The molecule has 0 radical (unpaired) electrons. The molecule has 76 valence electrons. The van der Waals surface area contributed by atoms with Crippen LogP contribution in [0.25, 0.3) is 0 Å². The molecule has 1 amide bonds. The van der Waals surface area contributed by atoms with Gasteiger partial charge in [0.25, 0.3) is 0 Å². The van der Waals surface area contributed by atoms with Gasteiger partial charge in [0, 0.05) is 12.6 Å². The van der Waals surface area contributed by atoms with Gasteiger partial charge in [0.05, 0.1) is 0 Å². The van der Waals surface area contributed by atoms with E-state index in [0.717, 1.165) is 5.69 Å². The van der Waals surface area contributed by atoms with Crippen LogP contribution >= 0.6 is 0 Å². The van der Waals surface area contributed by atoms with Crippen molar-refractivity contribution in [2.45, 2.75) is 6.92 Å². The first-order valence-corrected chi connectivity index (χ1v) is 3.89. The zero-order chi connectivity index (χ0) is 11.0. The minimum atomic E-state index is -2.17. The highest BCUT2D eigenvalue weighted by Gasteiger charge is 1.92. The number of amides is 1. The Hall–Kier alpha value is -1.37. The lowest BCUT2D eigenvalue weighted by atomic mass is 10.3. The van der Waals surface area contributed by atoms with Gasteiger partial charge >= 0.3 is 7.32 Å². The summed E-state index contributed by atoms with van der Waals surface area (Å²) in [5, 5.41) is 24.2. The lowest BCUT2D eigenvalue weighted by Gasteiger charge is -1.98. The summed E-state index contributed by atoms with van der Waals surface area (Å²) in [5.41, 5.74) is 0.843. The van der Waals surface area contributed by atoms with Gasteiger partial charge in [-0.3, -0.25) is 4.79 Å². The third kappa shape index (κ3) is 8.73. The van der Waals surface area contributed by atoms with E-state index in [1.54, 1.807) is 0 Å². The lowest BCUT2D eigenvalue weighted by Crippen LogP contribution is -2.07. The molecule has 6 heteroatoms. The summed E-state index contributed by atoms with van der Waals surface area (Å²) in [6, 6.07) is 9.37. The fourth-order valence-electron chi connectivity index (χ4n) is 0.725. The van der Waals surface area contributed by atoms with Crippen molar-refractivity contribution in [3.05, 3.63) is 30.3 Å². The Kier molecular flexibility index (Phi) is 6.39. The summed E-state index contributed by atoms with van der Waals surface area (Å²) in [6.45, 7) is 1.49. The van der Waals surface area contributed by atoms with Crippen LogP contribution in [0.15, 0.2) is 30.3 Å². The second-order valence-corrected chi connectivity index (χ2v) is 2.39. The molecule has 0 bridgehead atoms. The molecule has 0 spiro atoms. The van der Waals surface area contributed by atoms with Gasteiger partial charge in [0.1, 0.15) is 0 Å². The molecule has 14 heavy (non-hydrogen) atoms. The van der Waals surface area contributed by atoms with Gasteiger partial charge in [-0.15, -0.1) is 0 Å². The van der Waals surface area contributed by atoms with E-state index >= 15 is 0 Å². The summed E-state index contributed by atoms with van der Waals surface area (Å²) in [6.07, 6.45) is 0. The molecule has 0 fully saturated rings. The van der Waals surface area contributed by atoms with Crippen LogP contribution in [0.2, 0.25) is 0 Å². The first-order valence-electron chi connectivity index (χ1n) is 3.89. The second kappa shape index (κ2) is 7.08. The van der Waals surface area contributed by atoms with Crippen LogP contribution in [-0.4, -0.2) is 28.3 Å². The lowest BCUT2D eigenvalue weighted by molar-refractivity contribution is -0.114. The summed E-state index contributed by atoms with van der Waals surface area (Å²) < 4.78 is 0. The van der Waals surface area contributed by atoms with Crippen molar-refractivity contribution in [3.8, 4) is 0 Å². The van der Waals surface area contributed by atoms with Crippen molar-refractivity contribution in [2.75, 3.05) is 5.32 Å². The maximum Gasteiger partial charge on any atom is 0.631 e. The fraction of sp³-hybridized carbons (Fsp3) is 0.125. The molecule has 0 unspecified atom stereocenters. The van der Waals surface area contributed by atoms with Crippen molar-refractivity contribution < 1.29 is 19.9 Å². The van der Waals surface area contributed by atoms with E-state index in [2.05, 4.69) is 5.32 Å². The van der Waals surface area contributed by atoms with Gasteiger partial charge in [0.2, 0.25) is 5.91 Å². The van der Waals surface area contributed by atoms with E-state index < -0.39 is 7.32 Å². The van der Waals surface area contributed by atoms with Crippen molar-refractivity contribution in [1.82, 2.24) is 0 Å². The predicted molar refractivity (Wildman–Crippen MR) is 53.2 cm³/mol. The molecule has 0 saturated heterocycles. The average Bonchev–Trinajstić information content (AvgIpc) is 2.03. The zero-order valence-electron chi connectivity index (χ0n) is 7.71. The maximum atomic E-state index is 10.5. The normalized spacial score (nSPS) is 8.29. The quantitative estimate of drug-likeness (QED) is 0.461. The molecule has 0 aliphatic carbocycles. The smallest absolute Gasteiger partial charge is 0.402 e. The topological polar surface area (TPSA) is 89.8 Å². The van der Waals surface area contributed by atoms with Crippen LogP contribution in [0.5, 0.6) is 0 Å². The number of benzene rings is 1. The first kappa shape index (κ1) is 12.6. The van der Waals surface area contributed by atoms with Crippen molar-refractivity contribution in [2.24, 2.45) is 0 Å². The third-order valence-electron chi connectivity index (χ3n) is 1.09. The molecule has 0 saturated carbocycles. The van der Waals surface area contributed by atoms with Crippen LogP contribution in [0.3, 0.4) is 0 Å². The highest BCUT2D eigenvalue weighted by Crippen LogP contribution is 2.03. The Morgan fingerprint density at radius 1 is 1.21 bits per heavy atom. The van der Waals surface area contributed by atoms with Crippen LogP contribution < -0.4 is 5.32 Å². The van der Waals surface area contributed by atoms with Crippen LogP contribution in [-0.2, 0) is 4.79 Å². The highest BCUT2D eigenvalue weighted by molar-refractivity contribution is 6.30. The van der Waals surface area contributed by atoms with E-state index in [-0.39, 0.29) is 5.91 Å². The molecule has 0 aromatic heterocycles. The molecular formula is C8H12BNO4. The summed E-state index contributed by atoms with van der Waals surface area (Å²) >= 11 is 0. The van der Waals surface area contributed by atoms with Gasteiger partial charge in [-0.05, 0) is 12.1 Å². The molecule has 4 N–H and O–H groups in total. The largest absolute Gasteiger partial charge is 0.631 e. The van der Waals surface area contributed by atoms with Crippen molar-refractivity contribution >= 4 is 18.9 Å². The van der Waals surface area contributed by atoms with E-state index in [4.69, 9.17) is 15.1 Å². The summed E-state index contributed by atoms with van der Waals surface area (Å²) in [4.78, 5) is 10.5.